The van der Waals surface area contributed by atoms with Crippen molar-refractivity contribution < 1.29 is 4.92 Å². The van der Waals surface area contributed by atoms with Crippen molar-refractivity contribution in [1.29, 1.82) is 0 Å². The molecule has 1 heterocycles. The molecule has 1 aromatic carbocycles. The van der Waals surface area contributed by atoms with E-state index in [0.717, 1.165) is 5.56 Å². The molecule has 18 heavy (non-hydrogen) atoms. The Balaban J connectivity index is 2.15. The van der Waals surface area contributed by atoms with Gasteiger partial charge in [0.15, 0.2) is 0 Å². The van der Waals surface area contributed by atoms with Gasteiger partial charge in [-0.05, 0) is 6.07 Å². The molecule has 0 aliphatic carbocycles. The van der Waals surface area contributed by atoms with Crippen molar-refractivity contribution in [2.24, 2.45) is 0 Å². The van der Waals surface area contributed by atoms with Gasteiger partial charge in [0.25, 0.3) is 5.69 Å². The zero-order valence-electron chi connectivity index (χ0n) is 9.21. The first kappa shape index (κ1) is 12.3. The maximum absolute atomic E-state index is 10.7. The van der Waals surface area contributed by atoms with Crippen molar-refractivity contribution in [2.45, 2.75) is 6.54 Å². The van der Waals surface area contributed by atoms with Gasteiger partial charge in [0.05, 0.1) is 10.6 Å². The molecule has 0 bridgehead atoms. The third-order valence-corrected chi connectivity index (χ3v) is 2.67. The SMILES string of the molecule is O=[N+]([O-])c1cccc(NCc2cncnc2)c1Cl. The van der Waals surface area contributed by atoms with E-state index >= 15 is 0 Å². The molecule has 0 spiro atoms. The van der Waals surface area contributed by atoms with Gasteiger partial charge in [0.1, 0.15) is 11.3 Å². The quantitative estimate of drug-likeness (QED) is 0.678. The van der Waals surface area contributed by atoms with Crippen LogP contribution in [0.3, 0.4) is 0 Å². The van der Waals surface area contributed by atoms with Crippen LogP contribution in [-0.4, -0.2) is 14.9 Å². The average molecular weight is 265 g/mol. The molecular formula is C11H9ClN4O2. The lowest BCUT2D eigenvalue weighted by atomic mass is 10.2. The molecule has 0 aliphatic rings. The Kier molecular flexibility index (Phi) is 3.69. The molecule has 0 saturated heterocycles. The van der Waals surface area contributed by atoms with E-state index in [9.17, 15) is 10.1 Å². The highest BCUT2D eigenvalue weighted by Gasteiger charge is 2.14. The Morgan fingerprint density at radius 1 is 1.33 bits per heavy atom. The summed E-state index contributed by atoms with van der Waals surface area (Å²) < 4.78 is 0. The van der Waals surface area contributed by atoms with Crippen molar-refractivity contribution in [3.63, 3.8) is 0 Å². The number of nitrogens with zero attached hydrogens (tertiary/aromatic N) is 3. The van der Waals surface area contributed by atoms with Crippen LogP contribution in [0.1, 0.15) is 5.56 Å². The van der Waals surface area contributed by atoms with Crippen LogP contribution in [-0.2, 0) is 6.54 Å². The number of benzene rings is 1. The monoisotopic (exact) mass is 264 g/mol. The molecule has 0 amide bonds. The second-order valence-electron chi connectivity index (χ2n) is 3.50. The first-order valence-electron chi connectivity index (χ1n) is 5.09. The number of hydrogen-bond acceptors (Lipinski definition) is 5. The number of halogens is 1. The molecule has 2 aromatic rings. The number of nitro benzene ring substituents is 1. The number of hydrogen-bond donors (Lipinski definition) is 1. The first-order chi connectivity index (χ1) is 8.68. The molecule has 0 fully saturated rings. The van der Waals surface area contributed by atoms with E-state index in [0.29, 0.717) is 12.2 Å². The van der Waals surface area contributed by atoms with Crippen LogP contribution in [0.15, 0.2) is 36.9 Å². The maximum atomic E-state index is 10.7. The molecular weight excluding hydrogens is 256 g/mol. The Labute approximate surface area is 108 Å². The second-order valence-corrected chi connectivity index (χ2v) is 3.87. The molecule has 6 nitrogen and oxygen atoms in total. The molecule has 0 saturated carbocycles. The summed E-state index contributed by atoms with van der Waals surface area (Å²) in [6.45, 7) is 0.446. The van der Waals surface area contributed by atoms with Gasteiger partial charge >= 0.3 is 0 Å². The summed E-state index contributed by atoms with van der Waals surface area (Å²) in [4.78, 5) is 18.0. The van der Waals surface area contributed by atoms with E-state index in [1.807, 2.05) is 0 Å². The predicted octanol–water partition coefficient (Wildman–Crippen LogP) is 2.65. The largest absolute Gasteiger partial charge is 0.379 e. The van der Waals surface area contributed by atoms with E-state index in [-0.39, 0.29) is 10.7 Å². The smallest absolute Gasteiger partial charge is 0.289 e. The fourth-order valence-corrected chi connectivity index (χ4v) is 1.68. The third-order valence-electron chi connectivity index (χ3n) is 2.27. The van der Waals surface area contributed by atoms with Gasteiger partial charge < -0.3 is 5.32 Å². The highest BCUT2D eigenvalue weighted by atomic mass is 35.5. The lowest BCUT2D eigenvalue weighted by Crippen LogP contribution is -2.02. The van der Waals surface area contributed by atoms with Crippen LogP contribution in [0.2, 0.25) is 5.02 Å². The Morgan fingerprint density at radius 2 is 2.06 bits per heavy atom. The van der Waals surface area contributed by atoms with Gasteiger partial charge in [0.2, 0.25) is 0 Å². The Hall–Kier alpha value is -2.21. The number of rotatable bonds is 4. The summed E-state index contributed by atoms with van der Waals surface area (Å²) >= 11 is 5.93. The molecule has 0 atom stereocenters. The van der Waals surface area contributed by atoms with Gasteiger partial charge in [-0.3, -0.25) is 10.1 Å². The van der Waals surface area contributed by atoms with Crippen molar-refractivity contribution in [2.75, 3.05) is 5.32 Å². The normalized spacial score (nSPS) is 10.1. The fraction of sp³-hybridized carbons (Fsp3) is 0.0909. The lowest BCUT2D eigenvalue weighted by molar-refractivity contribution is -0.384. The summed E-state index contributed by atoms with van der Waals surface area (Å²) in [5.41, 5.74) is 1.25. The summed E-state index contributed by atoms with van der Waals surface area (Å²) in [6.07, 6.45) is 4.75. The predicted molar refractivity (Wildman–Crippen MR) is 67.5 cm³/mol. The Morgan fingerprint density at radius 3 is 2.72 bits per heavy atom. The van der Waals surface area contributed by atoms with E-state index in [1.165, 1.54) is 12.4 Å². The minimum atomic E-state index is -0.515. The maximum Gasteiger partial charge on any atom is 0.289 e. The zero-order valence-corrected chi connectivity index (χ0v) is 9.96. The van der Waals surface area contributed by atoms with E-state index in [4.69, 9.17) is 11.6 Å². The fourth-order valence-electron chi connectivity index (χ4n) is 1.42. The molecule has 1 N–H and O–H groups in total. The number of aromatic nitrogens is 2. The lowest BCUT2D eigenvalue weighted by Gasteiger charge is -2.07. The molecule has 2 rings (SSSR count). The molecule has 0 radical (unpaired) electrons. The molecule has 7 heteroatoms. The third kappa shape index (κ3) is 2.72. The van der Waals surface area contributed by atoms with Crippen LogP contribution in [0.4, 0.5) is 11.4 Å². The summed E-state index contributed by atoms with van der Waals surface area (Å²) in [7, 11) is 0. The summed E-state index contributed by atoms with van der Waals surface area (Å²) in [5.74, 6) is 0. The molecule has 1 aromatic heterocycles. The second kappa shape index (κ2) is 5.42. The van der Waals surface area contributed by atoms with Gasteiger partial charge in [0, 0.05) is 30.6 Å². The van der Waals surface area contributed by atoms with Crippen molar-refractivity contribution >= 4 is 23.0 Å². The van der Waals surface area contributed by atoms with Gasteiger partial charge in [-0.1, -0.05) is 17.7 Å². The standard InChI is InChI=1S/C11H9ClN4O2/c12-11-9(2-1-3-10(11)16(17)18)15-6-8-4-13-7-14-5-8/h1-5,7,15H,6H2. The number of nitrogens with one attached hydrogen (secondary N) is 1. The Bertz CT molecular complexity index is 562. The van der Waals surface area contributed by atoms with Crippen molar-refractivity contribution in [1.82, 2.24) is 9.97 Å². The highest BCUT2D eigenvalue weighted by Crippen LogP contribution is 2.31. The van der Waals surface area contributed by atoms with E-state index in [2.05, 4.69) is 15.3 Å². The average Bonchev–Trinajstić information content (AvgIpc) is 2.38. The van der Waals surface area contributed by atoms with E-state index < -0.39 is 4.92 Å². The van der Waals surface area contributed by atoms with Crippen molar-refractivity contribution in [3.8, 4) is 0 Å². The van der Waals surface area contributed by atoms with Crippen molar-refractivity contribution in [3.05, 3.63) is 57.6 Å². The topological polar surface area (TPSA) is 81.0 Å². The van der Waals surface area contributed by atoms with Gasteiger partial charge in [-0.15, -0.1) is 0 Å². The van der Waals surface area contributed by atoms with Gasteiger partial charge in [-0.2, -0.15) is 0 Å². The number of anilines is 1. The van der Waals surface area contributed by atoms with Crippen LogP contribution in [0, 0.1) is 10.1 Å². The molecule has 92 valence electrons. The zero-order chi connectivity index (χ0) is 13.0. The van der Waals surface area contributed by atoms with Crippen LogP contribution >= 0.6 is 11.6 Å². The minimum absolute atomic E-state index is 0.0966. The minimum Gasteiger partial charge on any atom is -0.379 e. The highest BCUT2D eigenvalue weighted by molar-refractivity contribution is 6.35. The van der Waals surface area contributed by atoms with Crippen LogP contribution in [0.25, 0.3) is 0 Å². The summed E-state index contributed by atoms with van der Waals surface area (Å²) in [6, 6.07) is 4.62. The van der Waals surface area contributed by atoms with Crippen LogP contribution < -0.4 is 5.32 Å². The summed E-state index contributed by atoms with van der Waals surface area (Å²) in [5, 5.41) is 13.8. The van der Waals surface area contributed by atoms with E-state index in [1.54, 1.807) is 24.5 Å². The number of nitro groups is 1. The molecule has 0 unspecified atom stereocenters. The first-order valence-corrected chi connectivity index (χ1v) is 5.47. The van der Waals surface area contributed by atoms with Gasteiger partial charge in [-0.25, -0.2) is 9.97 Å². The van der Waals surface area contributed by atoms with Crippen LogP contribution in [0.5, 0.6) is 0 Å². The molecule has 0 aliphatic heterocycles.